The summed E-state index contributed by atoms with van der Waals surface area (Å²) in [7, 11) is 1.77. The van der Waals surface area contributed by atoms with Gasteiger partial charge in [0.05, 0.1) is 23.0 Å². The number of pyridine rings is 1. The lowest BCUT2D eigenvalue weighted by Gasteiger charge is -2.34. The van der Waals surface area contributed by atoms with Gasteiger partial charge in [-0.1, -0.05) is 18.8 Å². The Hall–Kier alpha value is -4.41. The zero-order chi connectivity index (χ0) is 27.1. The highest BCUT2D eigenvalue weighted by atomic mass is 19.1. The molecule has 0 aliphatic carbocycles. The smallest absolute Gasteiger partial charge is 0.259 e. The van der Waals surface area contributed by atoms with Crippen LogP contribution in [0, 0.1) is 34.8 Å². The van der Waals surface area contributed by atoms with Gasteiger partial charge in [0.1, 0.15) is 29.3 Å². The normalized spacial score (nSPS) is 13.4. The first-order valence-electron chi connectivity index (χ1n) is 12.3. The highest BCUT2D eigenvalue weighted by Crippen LogP contribution is 2.28. The van der Waals surface area contributed by atoms with Gasteiger partial charge < -0.3 is 10.2 Å². The summed E-state index contributed by atoms with van der Waals surface area (Å²) in [5.41, 5.74) is 1.62. The molecule has 1 aromatic carbocycles. The highest BCUT2D eigenvalue weighted by Gasteiger charge is 2.27. The van der Waals surface area contributed by atoms with E-state index in [0.717, 1.165) is 12.1 Å². The third kappa shape index (κ3) is 5.93. The summed E-state index contributed by atoms with van der Waals surface area (Å²) in [4.78, 5) is 29.3. The molecule has 3 heterocycles. The number of hydrogen-bond donors (Lipinski definition) is 1. The quantitative estimate of drug-likeness (QED) is 0.502. The van der Waals surface area contributed by atoms with Crippen molar-refractivity contribution in [2.45, 2.75) is 19.8 Å². The third-order valence-electron chi connectivity index (χ3n) is 6.34. The molecule has 0 saturated carbocycles. The van der Waals surface area contributed by atoms with Crippen LogP contribution in [0.3, 0.4) is 0 Å². The second kappa shape index (κ2) is 12.2. The van der Waals surface area contributed by atoms with Crippen molar-refractivity contribution in [1.29, 1.82) is 5.26 Å². The first-order valence-corrected chi connectivity index (χ1v) is 12.3. The van der Waals surface area contributed by atoms with Gasteiger partial charge in [-0.3, -0.25) is 9.69 Å². The molecule has 0 spiro atoms. The first-order chi connectivity index (χ1) is 18.4. The zero-order valence-corrected chi connectivity index (χ0v) is 21.3. The zero-order valence-electron chi connectivity index (χ0n) is 21.3. The van der Waals surface area contributed by atoms with Gasteiger partial charge in [0.15, 0.2) is 0 Å². The topological polar surface area (TPSA) is 98.0 Å². The first kappa shape index (κ1) is 26.6. The van der Waals surface area contributed by atoms with Crippen molar-refractivity contribution in [3.63, 3.8) is 0 Å². The van der Waals surface area contributed by atoms with Gasteiger partial charge in [-0.15, -0.1) is 0 Å². The summed E-state index contributed by atoms with van der Waals surface area (Å²) in [5.74, 6) is 4.17. The number of hydrogen-bond acceptors (Lipinski definition) is 7. The van der Waals surface area contributed by atoms with Gasteiger partial charge in [0.2, 0.25) is 0 Å². The van der Waals surface area contributed by atoms with Crippen LogP contribution in [0.25, 0.3) is 11.3 Å². The van der Waals surface area contributed by atoms with E-state index in [2.05, 4.69) is 43.1 Å². The number of piperazine rings is 1. The average molecular weight is 516 g/mol. The van der Waals surface area contributed by atoms with Gasteiger partial charge in [-0.2, -0.15) is 5.26 Å². The Morgan fingerprint density at radius 2 is 1.82 bits per heavy atom. The molecule has 38 heavy (non-hydrogen) atoms. The molecule has 1 fully saturated rings. The Morgan fingerprint density at radius 1 is 1.08 bits per heavy atom. The van der Waals surface area contributed by atoms with Crippen LogP contribution >= 0.6 is 0 Å². The molecule has 0 atom stereocenters. The van der Waals surface area contributed by atoms with Crippen molar-refractivity contribution < 1.29 is 13.6 Å². The van der Waals surface area contributed by atoms with E-state index in [-0.39, 0.29) is 11.3 Å². The molecule has 1 N–H and O–H groups in total. The van der Waals surface area contributed by atoms with Crippen LogP contribution in [-0.2, 0) is 6.42 Å². The number of nitrogens with zero attached hydrogens (tertiary/aromatic N) is 6. The van der Waals surface area contributed by atoms with Crippen molar-refractivity contribution in [3.05, 3.63) is 70.8 Å². The van der Waals surface area contributed by atoms with Gasteiger partial charge in [0, 0.05) is 63.5 Å². The number of halogens is 2. The van der Waals surface area contributed by atoms with Crippen LogP contribution in [0.15, 0.2) is 36.8 Å². The molecule has 0 bridgehead atoms. The van der Waals surface area contributed by atoms with Crippen LogP contribution in [0.1, 0.15) is 40.5 Å². The molecule has 0 unspecified atom stereocenters. The number of amides is 1. The van der Waals surface area contributed by atoms with Crippen LogP contribution in [0.4, 0.5) is 14.6 Å². The van der Waals surface area contributed by atoms with E-state index in [4.69, 9.17) is 5.26 Å². The summed E-state index contributed by atoms with van der Waals surface area (Å²) in [5, 5.41) is 11.7. The largest absolute Gasteiger partial charge is 0.373 e. The number of carbonyl (C=O) groups excluding carboxylic acids is 1. The predicted octanol–water partition coefficient (Wildman–Crippen LogP) is 3.49. The minimum atomic E-state index is -0.959. The van der Waals surface area contributed by atoms with Crippen molar-refractivity contribution in [3.8, 4) is 29.2 Å². The summed E-state index contributed by atoms with van der Waals surface area (Å²) in [6.45, 7) is 4.28. The number of nitriles is 1. The number of rotatable bonds is 6. The van der Waals surface area contributed by atoms with Crippen LogP contribution in [0.2, 0.25) is 0 Å². The van der Waals surface area contributed by atoms with Gasteiger partial charge in [0.25, 0.3) is 5.91 Å². The van der Waals surface area contributed by atoms with Gasteiger partial charge >= 0.3 is 0 Å². The van der Waals surface area contributed by atoms with E-state index in [9.17, 15) is 4.79 Å². The number of benzene rings is 1. The molecule has 4 rings (SSSR count). The maximum Gasteiger partial charge on any atom is 0.259 e. The van der Waals surface area contributed by atoms with E-state index < -0.39 is 23.1 Å². The SMILES string of the molecule is CCc1ncnc(-c2cc(F)c(C(=O)N3CCN(CCC#N)CC3)c(F)c2)c1C#Cc1ccc(NC)nc1. The van der Waals surface area contributed by atoms with Crippen LogP contribution in [-0.4, -0.2) is 70.4 Å². The molecule has 2 aromatic heterocycles. The molecular formula is C28H27F2N7O. The lowest BCUT2D eigenvalue weighted by molar-refractivity contribution is 0.0630. The molecule has 10 heteroatoms. The number of carbonyl (C=O) groups is 1. The molecular weight excluding hydrogens is 488 g/mol. The Kier molecular flexibility index (Phi) is 8.57. The van der Waals surface area contributed by atoms with Crippen LogP contribution < -0.4 is 5.32 Å². The third-order valence-corrected chi connectivity index (χ3v) is 6.34. The summed E-state index contributed by atoms with van der Waals surface area (Å²) >= 11 is 0. The Labute approximate surface area is 220 Å². The van der Waals surface area contributed by atoms with E-state index in [0.29, 0.717) is 68.2 Å². The van der Waals surface area contributed by atoms with E-state index in [1.807, 2.05) is 13.0 Å². The number of aromatic nitrogens is 3. The fraction of sp³-hybridized carbons (Fsp3) is 0.321. The summed E-state index contributed by atoms with van der Waals surface area (Å²) < 4.78 is 30.5. The van der Waals surface area contributed by atoms with Gasteiger partial charge in [-0.25, -0.2) is 23.7 Å². The van der Waals surface area contributed by atoms with E-state index in [1.165, 1.54) is 11.2 Å². The maximum absolute atomic E-state index is 15.3. The molecule has 1 amide bonds. The minimum absolute atomic E-state index is 0.169. The number of anilines is 1. The second-order valence-electron chi connectivity index (χ2n) is 8.69. The van der Waals surface area contributed by atoms with E-state index >= 15 is 8.78 Å². The fourth-order valence-electron chi connectivity index (χ4n) is 4.25. The lowest BCUT2D eigenvalue weighted by atomic mass is 10.0. The van der Waals surface area contributed by atoms with Crippen molar-refractivity contribution in [2.24, 2.45) is 0 Å². The Balaban J connectivity index is 1.63. The Bertz CT molecular complexity index is 1390. The molecule has 0 radical (unpaired) electrons. The highest BCUT2D eigenvalue weighted by molar-refractivity contribution is 5.95. The lowest BCUT2D eigenvalue weighted by Crippen LogP contribution is -2.49. The molecule has 3 aromatic rings. The van der Waals surface area contributed by atoms with Crippen molar-refractivity contribution in [1.82, 2.24) is 24.8 Å². The second-order valence-corrected chi connectivity index (χ2v) is 8.69. The maximum atomic E-state index is 15.3. The molecule has 8 nitrogen and oxygen atoms in total. The fourth-order valence-corrected chi connectivity index (χ4v) is 4.25. The minimum Gasteiger partial charge on any atom is -0.373 e. The van der Waals surface area contributed by atoms with E-state index in [1.54, 1.807) is 19.3 Å². The summed E-state index contributed by atoms with van der Waals surface area (Å²) in [6, 6.07) is 7.94. The standard InChI is InChI=1S/C28H27F2N7O/c1-3-24-21(7-5-19-6-8-25(32-2)33-17-19)27(35-18-34-24)20-15-22(29)26(23(30)16-20)28(38)37-13-11-36(12-14-37)10-4-9-31/h6,8,15-18H,3-4,10-14H2,1-2H3,(H,32,33). The average Bonchev–Trinajstić information content (AvgIpc) is 2.94. The molecule has 1 aliphatic rings. The number of aryl methyl sites for hydroxylation is 1. The van der Waals surface area contributed by atoms with Gasteiger partial charge in [-0.05, 0) is 30.7 Å². The molecule has 1 aliphatic heterocycles. The molecule has 194 valence electrons. The summed E-state index contributed by atoms with van der Waals surface area (Å²) in [6.07, 6.45) is 3.89. The number of nitrogens with one attached hydrogen (secondary N) is 1. The molecule has 1 saturated heterocycles. The Morgan fingerprint density at radius 3 is 2.42 bits per heavy atom. The van der Waals surface area contributed by atoms with Crippen LogP contribution in [0.5, 0.6) is 0 Å². The monoisotopic (exact) mass is 515 g/mol. The van der Waals surface area contributed by atoms with Crippen molar-refractivity contribution in [2.75, 3.05) is 45.1 Å². The predicted molar refractivity (Wildman–Crippen MR) is 139 cm³/mol. The van der Waals surface area contributed by atoms with Crippen molar-refractivity contribution >= 4 is 11.7 Å².